The Morgan fingerprint density at radius 3 is 1.88 bits per heavy atom. The van der Waals surface area contributed by atoms with Crippen LogP contribution in [0, 0.1) is 5.41 Å². The lowest BCUT2D eigenvalue weighted by Crippen LogP contribution is -1.50. The topological polar surface area (TPSA) is 23.9 Å². The molecule has 46 valence electrons. The Kier molecular flexibility index (Phi) is 21.0. The molecule has 0 aromatic heterocycles. The zero-order valence-electron chi connectivity index (χ0n) is 5.52. The van der Waals surface area contributed by atoms with Crippen LogP contribution >= 0.6 is 0 Å². The zero-order chi connectivity index (χ0) is 6.83. The highest BCUT2D eigenvalue weighted by molar-refractivity contribution is 5.67. The molecule has 0 atom stereocenters. The Balaban J connectivity index is 0. The average Bonchev–Trinajstić information content (AvgIpc) is 1.88. The van der Waals surface area contributed by atoms with Crippen molar-refractivity contribution < 1.29 is 0 Å². The van der Waals surface area contributed by atoms with Gasteiger partial charge in [0.1, 0.15) is 0 Å². The van der Waals surface area contributed by atoms with Crippen molar-refractivity contribution in [3.63, 3.8) is 0 Å². The van der Waals surface area contributed by atoms with Crippen molar-refractivity contribution in [1.82, 2.24) is 0 Å². The molecule has 0 saturated carbocycles. The third-order valence-corrected chi connectivity index (χ3v) is 0.343. The van der Waals surface area contributed by atoms with E-state index in [9.17, 15) is 0 Å². The molecule has 0 aliphatic rings. The van der Waals surface area contributed by atoms with Crippen molar-refractivity contribution in [3.8, 4) is 0 Å². The molecule has 1 heteroatoms. The summed E-state index contributed by atoms with van der Waals surface area (Å²) in [6, 6.07) is 0. The van der Waals surface area contributed by atoms with E-state index in [-0.39, 0.29) is 0 Å². The molecule has 0 fully saturated rings. The Labute approximate surface area is 51.2 Å². The Morgan fingerprint density at radius 1 is 1.25 bits per heavy atom. The maximum Gasteiger partial charge on any atom is 0.0177 e. The smallest absolute Gasteiger partial charge is 0.0177 e. The maximum absolute atomic E-state index is 6.45. The Bertz CT molecular complexity index is 62.5. The van der Waals surface area contributed by atoms with Gasteiger partial charge in [-0.25, -0.2) is 0 Å². The standard InChI is InChI=1S/C5H7N.C2H6/c1-2-3-4-5-6;1-2/h2-6H,1H2;1-2H3/b4-3-,6-5?;. The van der Waals surface area contributed by atoms with E-state index >= 15 is 0 Å². The summed E-state index contributed by atoms with van der Waals surface area (Å²) in [6.07, 6.45) is 6.15. The van der Waals surface area contributed by atoms with Gasteiger partial charge in [0, 0.05) is 6.21 Å². The summed E-state index contributed by atoms with van der Waals surface area (Å²) in [5.41, 5.74) is 0. The summed E-state index contributed by atoms with van der Waals surface area (Å²) in [7, 11) is 0. The first-order valence-corrected chi connectivity index (χ1v) is 2.70. The third-order valence-electron chi connectivity index (χ3n) is 0.343. The molecule has 0 aromatic rings. The van der Waals surface area contributed by atoms with Crippen molar-refractivity contribution in [3.05, 3.63) is 24.8 Å². The highest BCUT2D eigenvalue weighted by Gasteiger charge is 1.48. The first-order valence-electron chi connectivity index (χ1n) is 2.70. The molecule has 1 nitrogen and oxygen atoms in total. The van der Waals surface area contributed by atoms with Gasteiger partial charge in [-0.3, -0.25) is 0 Å². The molecular formula is C7H13N. The summed E-state index contributed by atoms with van der Waals surface area (Å²) in [6.45, 7) is 7.41. The first kappa shape index (κ1) is 10.2. The van der Waals surface area contributed by atoms with Gasteiger partial charge in [0.05, 0.1) is 0 Å². The Morgan fingerprint density at radius 2 is 1.75 bits per heavy atom. The summed E-state index contributed by atoms with van der Waals surface area (Å²) < 4.78 is 0. The molecular weight excluding hydrogens is 98.1 g/mol. The molecule has 0 aliphatic heterocycles. The van der Waals surface area contributed by atoms with Crippen LogP contribution in [-0.2, 0) is 0 Å². The van der Waals surface area contributed by atoms with Crippen LogP contribution in [0.3, 0.4) is 0 Å². The monoisotopic (exact) mass is 111 g/mol. The van der Waals surface area contributed by atoms with Gasteiger partial charge in [0.2, 0.25) is 0 Å². The summed E-state index contributed by atoms with van der Waals surface area (Å²) in [4.78, 5) is 0. The van der Waals surface area contributed by atoms with Gasteiger partial charge >= 0.3 is 0 Å². The molecule has 0 amide bonds. The Hall–Kier alpha value is -0.850. The zero-order valence-corrected chi connectivity index (χ0v) is 5.52. The minimum absolute atomic E-state index is 1.21. The minimum Gasteiger partial charge on any atom is -0.309 e. The van der Waals surface area contributed by atoms with Gasteiger partial charge in [0.15, 0.2) is 0 Å². The van der Waals surface area contributed by atoms with Crippen LogP contribution in [0.5, 0.6) is 0 Å². The van der Waals surface area contributed by atoms with Crippen molar-refractivity contribution in [2.75, 3.05) is 0 Å². The molecule has 0 saturated heterocycles. The van der Waals surface area contributed by atoms with Gasteiger partial charge in [-0.05, 0) is 6.08 Å². The molecule has 0 unspecified atom stereocenters. The quantitative estimate of drug-likeness (QED) is 0.418. The van der Waals surface area contributed by atoms with Crippen LogP contribution in [0.2, 0.25) is 0 Å². The molecule has 8 heavy (non-hydrogen) atoms. The van der Waals surface area contributed by atoms with Crippen molar-refractivity contribution in [2.45, 2.75) is 13.8 Å². The van der Waals surface area contributed by atoms with Crippen LogP contribution in [0.25, 0.3) is 0 Å². The van der Waals surface area contributed by atoms with Crippen molar-refractivity contribution in [1.29, 1.82) is 5.41 Å². The van der Waals surface area contributed by atoms with E-state index in [1.54, 1.807) is 18.2 Å². The molecule has 1 N–H and O–H groups in total. The number of allylic oxidation sites excluding steroid dienone is 3. The average molecular weight is 111 g/mol. The van der Waals surface area contributed by atoms with E-state index in [0.717, 1.165) is 0 Å². The molecule has 0 aliphatic carbocycles. The van der Waals surface area contributed by atoms with Crippen LogP contribution in [0.15, 0.2) is 24.8 Å². The summed E-state index contributed by atoms with van der Waals surface area (Å²) in [5, 5.41) is 6.45. The number of hydrogen-bond acceptors (Lipinski definition) is 1. The summed E-state index contributed by atoms with van der Waals surface area (Å²) >= 11 is 0. The maximum atomic E-state index is 6.45. The third kappa shape index (κ3) is 19.2. The van der Waals surface area contributed by atoms with E-state index in [0.29, 0.717) is 0 Å². The van der Waals surface area contributed by atoms with Gasteiger partial charge in [-0.2, -0.15) is 0 Å². The van der Waals surface area contributed by atoms with Gasteiger partial charge in [-0.15, -0.1) is 0 Å². The predicted molar refractivity (Wildman–Crippen MR) is 39.5 cm³/mol. The van der Waals surface area contributed by atoms with Crippen LogP contribution in [0.4, 0.5) is 0 Å². The van der Waals surface area contributed by atoms with Gasteiger partial charge in [0.25, 0.3) is 0 Å². The van der Waals surface area contributed by atoms with E-state index in [2.05, 4.69) is 6.58 Å². The van der Waals surface area contributed by atoms with E-state index < -0.39 is 0 Å². The van der Waals surface area contributed by atoms with Crippen LogP contribution in [-0.4, -0.2) is 6.21 Å². The summed E-state index contributed by atoms with van der Waals surface area (Å²) in [5.74, 6) is 0. The van der Waals surface area contributed by atoms with Gasteiger partial charge < -0.3 is 5.41 Å². The molecule has 0 aromatic carbocycles. The van der Waals surface area contributed by atoms with Gasteiger partial charge in [-0.1, -0.05) is 32.6 Å². The fourth-order valence-corrected chi connectivity index (χ4v) is 0.134. The molecule has 0 spiro atoms. The fraction of sp³-hybridized carbons (Fsp3) is 0.286. The van der Waals surface area contributed by atoms with Crippen LogP contribution < -0.4 is 0 Å². The molecule has 0 radical (unpaired) electrons. The number of rotatable bonds is 2. The predicted octanol–water partition coefficient (Wildman–Crippen LogP) is 2.40. The molecule has 0 rings (SSSR count). The molecule has 0 bridgehead atoms. The normalized spacial score (nSPS) is 7.25. The lowest BCUT2D eigenvalue weighted by molar-refractivity contribution is 1.50. The van der Waals surface area contributed by atoms with Crippen molar-refractivity contribution >= 4 is 6.21 Å². The van der Waals surface area contributed by atoms with Crippen LogP contribution in [0.1, 0.15) is 13.8 Å². The minimum atomic E-state index is 1.21. The lowest BCUT2D eigenvalue weighted by Gasteiger charge is -1.59. The SMILES string of the molecule is C=C/C=C\C=N.CC. The lowest BCUT2D eigenvalue weighted by atomic mass is 10.5. The largest absolute Gasteiger partial charge is 0.309 e. The van der Waals surface area contributed by atoms with E-state index in [1.165, 1.54) is 6.21 Å². The van der Waals surface area contributed by atoms with Crippen molar-refractivity contribution in [2.24, 2.45) is 0 Å². The highest BCUT2D eigenvalue weighted by Crippen LogP contribution is 1.63. The number of nitrogens with one attached hydrogen (secondary N) is 1. The fourth-order valence-electron chi connectivity index (χ4n) is 0.134. The van der Waals surface area contributed by atoms with E-state index in [4.69, 9.17) is 5.41 Å². The first-order chi connectivity index (χ1) is 3.91. The number of hydrogen-bond donors (Lipinski definition) is 1. The molecule has 0 heterocycles. The second-order valence-corrected chi connectivity index (χ2v) is 0.787. The second-order valence-electron chi connectivity index (χ2n) is 0.787. The second kappa shape index (κ2) is 16.4. The highest BCUT2D eigenvalue weighted by atomic mass is 14.3. The van der Waals surface area contributed by atoms with E-state index in [1.807, 2.05) is 13.8 Å².